The van der Waals surface area contributed by atoms with Crippen LogP contribution in [0.15, 0.2) is 24.0 Å². The zero-order valence-corrected chi connectivity index (χ0v) is 22.7. The molecular formula is C30H46O5. The minimum Gasteiger partial charge on any atom is -0.505 e. The maximum Gasteiger partial charge on any atom is 0.302 e. The van der Waals surface area contributed by atoms with Crippen LogP contribution < -0.4 is 0 Å². The molecule has 0 aromatic rings. The van der Waals surface area contributed by atoms with Crippen LogP contribution in [0.4, 0.5) is 0 Å². The van der Waals surface area contributed by atoms with Crippen LogP contribution in [0.25, 0.3) is 0 Å². The number of methoxy groups -OCH3 is 1. The summed E-state index contributed by atoms with van der Waals surface area (Å²) in [6, 6.07) is 0. The fourth-order valence-electron chi connectivity index (χ4n) is 9.05. The van der Waals surface area contributed by atoms with Gasteiger partial charge in [-0.15, -0.1) is 0 Å². The number of carbonyl (C=O) groups is 2. The number of hydrogen-bond acceptors (Lipinski definition) is 5. The number of fused-ring (bicyclic) bond motifs is 5. The molecule has 0 saturated heterocycles. The Hall–Kier alpha value is -1.78. The molecule has 0 amide bonds. The summed E-state index contributed by atoms with van der Waals surface area (Å²) in [7, 11) is 1.71. The molecule has 0 N–H and O–H groups in total. The van der Waals surface area contributed by atoms with Crippen molar-refractivity contribution in [1.82, 2.24) is 0 Å². The first-order chi connectivity index (χ1) is 16.6. The van der Waals surface area contributed by atoms with Crippen molar-refractivity contribution >= 4 is 11.9 Å². The summed E-state index contributed by atoms with van der Waals surface area (Å²) in [6.07, 6.45) is 15.8. The Morgan fingerprint density at radius 3 is 2.54 bits per heavy atom. The first kappa shape index (κ1) is 26.3. The molecule has 0 bridgehead atoms. The molecule has 196 valence electrons. The van der Waals surface area contributed by atoms with Crippen LogP contribution in [0.5, 0.6) is 0 Å². The molecule has 5 nitrogen and oxygen atoms in total. The van der Waals surface area contributed by atoms with Crippen LogP contribution in [-0.4, -0.2) is 31.3 Å². The van der Waals surface area contributed by atoms with E-state index in [-0.39, 0.29) is 29.6 Å². The molecule has 0 aliphatic heterocycles. The first-order valence-corrected chi connectivity index (χ1v) is 13.8. The van der Waals surface area contributed by atoms with Crippen molar-refractivity contribution in [2.24, 2.45) is 40.4 Å². The molecule has 4 aliphatic carbocycles. The SMILES string of the molecule is CO/C=C/CC[C@@H](C)[C@H]1CC[C@H]2[C@@H]3CC=C4C[C@@H](OC(C)=O)C[C@H](OC(C)=O)[C@]4(C)[C@H]3CC[C@]12C. The molecule has 35 heavy (non-hydrogen) atoms. The summed E-state index contributed by atoms with van der Waals surface area (Å²) in [6.45, 7) is 10.3. The highest BCUT2D eigenvalue weighted by atomic mass is 16.6. The maximum absolute atomic E-state index is 12.1. The van der Waals surface area contributed by atoms with Gasteiger partial charge in [-0.05, 0) is 86.0 Å². The van der Waals surface area contributed by atoms with E-state index in [1.165, 1.54) is 51.5 Å². The Balaban J connectivity index is 1.56. The Morgan fingerprint density at radius 2 is 1.86 bits per heavy atom. The van der Waals surface area contributed by atoms with Gasteiger partial charge in [0.1, 0.15) is 12.2 Å². The summed E-state index contributed by atoms with van der Waals surface area (Å²) in [5, 5.41) is 0. The van der Waals surface area contributed by atoms with Crippen LogP contribution in [0.3, 0.4) is 0 Å². The van der Waals surface area contributed by atoms with E-state index in [0.29, 0.717) is 29.6 Å². The number of hydrogen-bond donors (Lipinski definition) is 0. The molecular weight excluding hydrogens is 440 g/mol. The van der Waals surface area contributed by atoms with Crippen LogP contribution in [0, 0.1) is 40.4 Å². The smallest absolute Gasteiger partial charge is 0.302 e. The number of ether oxygens (including phenoxy) is 3. The third-order valence-electron chi connectivity index (χ3n) is 10.6. The minimum absolute atomic E-state index is 0.165. The second kappa shape index (κ2) is 10.3. The molecule has 9 atom stereocenters. The van der Waals surface area contributed by atoms with Crippen molar-refractivity contribution in [3.63, 3.8) is 0 Å². The highest BCUT2D eigenvalue weighted by Gasteiger charge is 2.62. The third-order valence-corrected chi connectivity index (χ3v) is 10.6. The second-order valence-corrected chi connectivity index (χ2v) is 12.3. The summed E-state index contributed by atoms with van der Waals surface area (Å²) >= 11 is 0. The number of esters is 2. The van der Waals surface area contributed by atoms with Gasteiger partial charge >= 0.3 is 11.9 Å². The van der Waals surface area contributed by atoms with E-state index in [0.717, 1.165) is 31.1 Å². The first-order valence-electron chi connectivity index (χ1n) is 13.8. The fourth-order valence-corrected chi connectivity index (χ4v) is 9.05. The van der Waals surface area contributed by atoms with Crippen molar-refractivity contribution < 1.29 is 23.8 Å². The summed E-state index contributed by atoms with van der Waals surface area (Å²) in [5.74, 6) is 2.86. The Labute approximate surface area is 212 Å². The van der Waals surface area contributed by atoms with E-state index in [1.54, 1.807) is 13.4 Å². The standard InChI is InChI=1S/C30H46O5/c1-19(9-7-8-16-33-6)25-12-13-26-24-11-10-22-17-23(34-20(2)31)18-28(35-21(3)32)30(22,5)27(24)14-15-29(25,26)4/h8,10,16,19,23-28H,7,9,11-15,17-18H2,1-6H3/b16-8+/t19-,23-,24+,25-,26+,27+,28+,29-,30+/m1/s1. The highest BCUT2D eigenvalue weighted by molar-refractivity contribution is 5.67. The Bertz CT molecular complexity index is 861. The lowest BCUT2D eigenvalue weighted by Crippen LogP contribution is -2.57. The van der Waals surface area contributed by atoms with Crippen molar-refractivity contribution in [1.29, 1.82) is 0 Å². The molecule has 5 heteroatoms. The van der Waals surface area contributed by atoms with Gasteiger partial charge in [0.25, 0.3) is 0 Å². The zero-order chi connectivity index (χ0) is 25.4. The van der Waals surface area contributed by atoms with Gasteiger partial charge in [0.15, 0.2) is 0 Å². The number of rotatable bonds is 7. The molecule has 0 aromatic carbocycles. The lowest BCUT2D eigenvalue weighted by atomic mass is 9.46. The predicted molar refractivity (Wildman–Crippen MR) is 136 cm³/mol. The second-order valence-electron chi connectivity index (χ2n) is 12.3. The summed E-state index contributed by atoms with van der Waals surface area (Å²) < 4.78 is 16.7. The maximum atomic E-state index is 12.1. The van der Waals surface area contributed by atoms with Gasteiger partial charge in [0.2, 0.25) is 0 Å². The van der Waals surface area contributed by atoms with Crippen molar-refractivity contribution in [2.75, 3.05) is 7.11 Å². The van der Waals surface area contributed by atoms with E-state index >= 15 is 0 Å². The molecule has 0 aromatic heterocycles. The topological polar surface area (TPSA) is 61.8 Å². The molecule has 0 heterocycles. The van der Waals surface area contributed by atoms with E-state index in [1.807, 2.05) is 0 Å². The lowest BCUT2D eigenvalue weighted by molar-refractivity contribution is -0.172. The molecule has 0 unspecified atom stereocenters. The predicted octanol–water partition coefficient (Wildman–Crippen LogP) is 6.62. The van der Waals surface area contributed by atoms with Crippen LogP contribution >= 0.6 is 0 Å². The van der Waals surface area contributed by atoms with E-state index < -0.39 is 0 Å². The Kier molecular flexibility index (Phi) is 7.74. The van der Waals surface area contributed by atoms with Gasteiger partial charge in [-0.2, -0.15) is 0 Å². The van der Waals surface area contributed by atoms with Crippen LogP contribution in [-0.2, 0) is 23.8 Å². The molecule has 3 saturated carbocycles. The highest BCUT2D eigenvalue weighted by Crippen LogP contribution is 2.67. The van der Waals surface area contributed by atoms with Crippen molar-refractivity contribution in [3.8, 4) is 0 Å². The van der Waals surface area contributed by atoms with E-state index in [9.17, 15) is 9.59 Å². The number of carbonyl (C=O) groups excluding carboxylic acids is 2. The van der Waals surface area contributed by atoms with Gasteiger partial charge < -0.3 is 14.2 Å². The van der Waals surface area contributed by atoms with E-state index in [2.05, 4.69) is 32.9 Å². The van der Waals surface area contributed by atoms with Crippen molar-refractivity contribution in [3.05, 3.63) is 24.0 Å². The van der Waals surface area contributed by atoms with Gasteiger partial charge in [-0.3, -0.25) is 9.59 Å². The van der Waals surface area contributed by atoms with Gasteiger partial charge in [0, 0.05) is 32.1 Å². The lowest BCUT2D eigenvalue weighted by Gasteiger charge is -2.60. The monoisotopic (exact) mass is 486 g/mol. The summed E-state index contributed by atoms with van der Waals surface area (Å²) in [4.78, 5) is 23.8. The molecule has 4 rings (SSSR count). The Morgan fingerprint density at radius 1 is 1.11 bits per heavy atom. The molecule has 0 spiro atoms. The normalized spacial score (nSPS) is 41.3. The molecule has 4 aliphatic rings. The van der Waals surface area contributed by atoms with Gasteiger partial charge in [-0.25, -0.2) is 0 Å². The van der Waals surface area contributed by atoms with Crippen LogP contribution in [0.2, 0.25) is 0 Å². The van der Waals surface area contributed by atoms with Gasteiger partial charge in [-0.1, -0.05) is 32.4 Å². The third kappa shape index (κ3) is 4.81. The average molecular weight is 487 g/mol. The largest absolute Gasteiger partial charge is 0.505 e. The molecule has 3 fully saturated rings. The molecule has 0 radical (unpaired) electrons. The fraction of sp³-hybridized carbons (Fsp3) is 0.800. The minimum atomic E-state index is -0.258. The summed E-state index contributed by atoms with van der Waals surface area (Å²) in [5.41, 5.74) is 1.57. The quantitative estimate of drug-likeness (QED) is 0.230. The van der Waals surface area contributed by atoms with Gasteiger partial charge in [0.05, 0.1) is 13.4 Å². The average Bonchev–Trinajstić information content (AvgIpc) is 3.14. The zero-order valence-electron chi connectivity index (χ0n) is 22.7. The number of allylic oxidation sites excluding steroid dienone is 2. The van der Waals surface area contributed by atoms with E-state index in [4.69, 9.17) is 14.2 Å². The van der Waals surface area contributed by atoms with Crippen molar-refractivity contribution in [2.45, 2.75) is 105 Å². The van der Waals surface area contributed by atoms with Crippen LogP contribution in [0.1, 0.15) is 92.4 Å².